The van der Waals surface area contributed by atoms with Crippen LogP contribution < -0.4 is 16.1 Å². The predicted octanol–water partition coefficient (Wildman–Crippen LogP) is 1.75. The summed E-state index contributed by atoms with van der Waals surface area (Å²) in [7, 11) is 0. The summed E-state index contributed by atoms with van der Waals surface area (Å²) in [5, 5.41) is 7.57. The monoisotopic (exact) mass is 350 g/mol. The Morgan fingerprint density at radius 1 is 1.04 bits per heavy atom. The number of amidine groups is 1. The SMILES string of the molecule is Cc1cccc(C)c1NC(=O)C(=O)C1C(=O)N(c2ccccc2)N=C1N. The molecule has 2 aromatic rings. The molecule has 3 rings (SSSR count). The molecule has 0 saturated carbocycles. The molecule has 1 unspecified atom stereocenters. The molecule has 0 aliphatic carbocycles. The van der Waals surface area contributed by atoms with Gasteiger partial charge in [-0.25, -0.2) is 0 Å². The van der Waals surface area contributed by atoms with E-state index < -0.39 is 23.5 Å². The number of hydrogen-bond donors (Lipinski definition) is 2. The van der Waals surface area contributed by atoms with Gasteiger partial charge >= 0.3 is 0 Å². The molecule has 26 heavy (non-hydrogen) atoms. The highest BCUT2D eigenvalue weighted by Gasteiger charge is 2.43. The minimum Gasteiger partial charge on any atom is -0.385 e. The van der Waals surface area contributed by atoms with Gasteiger partial charge in [-0.05, 0) is 37.1 Å². The summed E-state index contributed by atoms with van der Waals surface area (Å²) in [6, 6.07) is 14.1. The van der Waals surface area contributed by atoms with Gasteiger partial charge in [0.25, 0.3) is 11.8 Å². The number of amides is 2. The number of hydrazone groups is 1. The molecule has 2 aromatic carbocycles. The summed E-state index contributed by atoms with van der Waals surface area (Å²) in [6.45, 7) is 3.64. The Hall–Kier alpha value is -3.48. The van der Waals surface area contributed by atoms with Crippen LogP contribution in [0.3, 0.4) is 0 Å². The van der Waals surface area contributed by atoms with Gasteiger partial charge in [-0.15, -0.1) is 0 Å². The summed E-state index contributed by atoms with van der Waals surface area (Å²) in [5.74, 6) is -4.08. The molecule has 3 N–H and O–H groups in total. The zero-order valence-corrected chi connectivity index (χ0v) is 14.4. The van der Waals surface area contributed by atoms with E-state index in [1.54, 1.807) is 30.3 Å². The molecule has 1 aliphatic heterocycles. The molecule has 0 bridgehead atoms. The van der Waals surface area contributed by atoms with E-state index in [2.05, 4.69) is 10.4 Å². The molecular formula is C19H18N4O3. The Kier molecular flexibility index (Phi) is 4.53. The van der Waals surface area contributed by atoms with Crippen LogP contribution in [0.5, 0.6) is 0 Å². The van der Waals surface area contributed by atoms with Gasteiger partial charge in [0.05, 0.1) is 5.69 Å². The molecule has 2 amide bonds. The fourth-order valence-corrected chi connectivity index (χ4v) is 2.79. The predicted molar refractivity (Wildman–Crippen MR) is 98.6 cm³/mol. The number of ketones is 1. The number of nitrogens with one attached hydrogen (secondary N) is 1. The molecule has 0 aromatic heterocycles. The Morgan fingerprint density at radius 2 is 1.65 bits per heavy atom. The lowest BCUT2D eigenvalue weighted by molar-refractivity contribution is -0.138. The maximum atomic E-state index is 12.6. The van der Waals surface area contributed by atoms with E-state index in [0.29, 0.717) is 11.4 Å². The number of rotatable bonds is 4. The number of aryl methyl sites for hydroxylation is 2. The van der Waals surface area contributed by atoms with Crippen molar-refractivity contribution < 1.29 is 14.4 Å². The Balaban J connectivity index is 1.81. The van der Waals surface area contributed by atoms with Crippen molar-refractivity contribution in [3.63, 3.8) is 0 Å². The second-order valence-electron chi connectivity index (χ2n) is 6.03. The Labute approximate surface area is 150 Å². The zero-order valence-electron chi connectivity index (χ0n) is 14.4. The summed E-state index contributed by atoms with van der Waals surface area (Å²) in [5.41, 5.74) is 8.43. The number of benzene rings is 2. The average molecular weight is 350 g/mol. The second kappa shape index (κ2) is 6.79. The van der Waals surface area contributed by atoms with Crippen LogP contribution >= 0.6 is 0 Å². The molecule has 1 atom stereocenters. The quantitative estimate of drug-likeness (QED) is 0.647. The third-order valence-corrected chi connectivity index (χ3v) is 4.17. The lowest BCUT2D eigenvalue weighted by atomic mass is 10.0. The fourth-order valence-electron chi connectivity index (χ4n) is 2.79. The van der Waals surface area contributed by atoms with E-state index in [-0.39, 0.29) is 5.84 Å². The van der Waals surface area contributed by atoms with Crippen LogP contribution in [-0.4, -0.2) is 23.4 Å². The number of carbonyl (C=O) groups is 3. The van der Waals surface area contributed by atoms with Crippen molar-refractivity contribution in [1.82, 2.24) is 0 Å². The topological polar surface area (TPSA) is 105 Å². The fraction of sp³-hybridized carbons (Fsp3) is 0.158. The van der Waals surface area contributed by atoms with E-state index in [1.807, 2.05) is 32.0 Å². The molecule has 0 spiro atoms. The molecule has 132 valence electrons. The first-order valence-corrected chi connectivity index (χ1v) is 8.04. The van der Waals surface area contributed by atoms with Crippen molar-refractivity contribution in [2.75, 3.05) is 10.3 Å². The lowest BCUT2D eigenvalue weighted by Gasteiger charge is -2.14. The van der Waals surface area contributed by atoms with Crippen molar-refractivity contribution in [3.8, 4) is 0 Å². The summed E-state index contributed by atoms with van der Waals surface area (Å²) < 4.78 is 0. The van der Waals surface area contributed by atoms with Crippen LogP contribution in [0.25, 0.3) is 0 Å². The Morgan fingerprint density at radius 3 is 2.27 bits per heavy atom. The van der Waals surface area contributed by atoms with E-state index >= 15 is 0 Å². The van der Waals surface area contributed by atoms with Gasteiger partial charge in [0, 0.05) is 5.69 Å². The first kappa shape index (κ1) is 17.3. The third-order valence-electron chi connectivity index (χ3n) is 4.17. The highest BCUT2D eigenvalue weighted by molar-refractivity contribution is 6.50. The van der Waals surface area contributed by atoms with Crippen molar-refractivity contribution in [2.45, 2.75) is 13.8 Å². The lowest BCUT2D eigenvalue weighted by Crippen LogP contribution is -2.41. The normalized spacial score (nSPS) is 16.4. The molecule has 0 radical (unpaired) electrons. The molecular weight excluding hydrogens is 332 g/mol. The van der Waals surface area contributed by atoms with E-state index in [4.69, 9.17) is 5.73 Å². The van der Waals surface area contributed by atoms with Gasteiger partial charge in [0.1, 0.15) is 5.84 Å². The van der Waals surface area contributed by atoms with Gasteiger partial charge in [-0.3, -0.25) is 14.4 Å². The van der Waals surface area contributed by atoms with Crippen molar-refractivity contribution in [3.05, 3.63) is 59.7 Å². The molecule has 7 nitrogen and oxygen atoms in total. The number of anilines is 2. The van der Waals surface area contributed by atoms with Crippen LogP contribution in [0.2, 0.25) is 0 Å². The van der Waals surface area contributed by atoms with Gasteiger partial charge in [0.2, 0.25) is 5.78 Å². The molecule has 7 heteroatoms. The zero-order chi connectivity index (χ0) is 18.8. The van der Waals surface area contributed by atoms with Crippen LogP contribution in [0, 0.1) is 19.8 Å². The standard InChI is InChI=1S/C19H18N4O3/c1-11-7-6-8-12(2)15(11)21-18(25)16(24)14-17(20)22-23(19(14)26)13-9-4-3-5-10-13/h3-10,14H,1-2H3,(H2,20,22)(H,21,25). The average Bonchev–Trinajstić information content (AvgIpc) is 2.92. The molecule has 1 heterocycles. The minimum atomic E-state index is -1.42. The molecule has 1 aliphatic rings. The highest BCUT2D eigenvalue weighted by Crippen LogP contribution is 2.24. The molecule has 0 fully saturated rings. The van der Waals surface area contributed by atoms with E-state index in [9.17, 15) is 14.4 Å². The van der Waals surface area contributed by atoms with Crippen LogP contribution in [0.4, 0.5) is 11.4 Å². The maximum Gasteiger partial charge on any atom is 0.293 e. The number of carbonyl (C=O) groups excluding carboxylic acids is 3. The van der Waals surface area contributed by atoms with Crippen LogP contribution in [0.1, 0.15) is 11.1 Å². The number of para-hydroxylation sites is 2. The van der Waals surface area contributed by atoms with E-state index in [1.165, 1.54) is 0 Å². The minimum absolute atomic E-state index is 0.194. The van der Waals surface area contributed by atoms with Crippen molar-refractivity contribution in [1.29, 1.82) is 0 Å². The van der Waals surface area contributed by atoms with Crippen molar-refractivity contribution in [2.24, 2.45) is 16.8 Å². The summed E-state index contributed by atoms with van der Waals surface area (Å²) >= 11 is 0. The van der Waals surface area contributed by atoms with Crippen LogP contribution in [0.15, 0.2) is 53.6 Å². The second-order valence-corrected chi connectivity index (χ2v) is 6.03. The molecule has 0 saturated heterocycles. The summed E-state index contributed by atoms with van der Waals surface area (Å²) in [4.78, 5) is 37.5. The first-order valence-electron chi connectivity index (χ1n) is 8.04. The van der Waals surface area contributed by atoms with Gasteiger partial charge in [-0.2, -0.15) is 10.1 Å². The highest BCUT2D eigenvalue weighted by atomic mass is 16.2. The number of Topliss-reactive ketones (excluding diaryl/α,β-unsaturated/α-hetero) is 1. The number of nitrogens with zero attached hydrogens (tertiary/aromatic N) is 2. The first-order chi connectivity index (χ1) is 12.4. The van der Waals surface area contributed by atoms with Crippen LogP contribution in [-0.2, 0) is 14.4 Å². The third kappa shape index (κ3) is 3.06. The van der Waals surface area contributed by atoms with Gasteiger partial charge in [0.15, 0.2) is 5.92 Å². The smallest absolute Gasteiger partial charge is 0.293 e. The largest absolute Gasteiger partial charge is 0.385 e. The number of hydrogen-bond acceptors (Lipinski definition) is 5. The van der Waals surface area contributed by atoms with Crippen molar-refractivity contribution >= 4 is 34.8 Å². The summed E-state index contributed by atoms with van der Waals surface area (Å²) in [6.07, 6.45) is 0. The Bertz CT molecular complexity index is 901. The number of nitrogens with two attached hydrogens (primary N) is 1. The maximum absolute atomic E-state index is 12.6. The van der Waals surface area contributed by atoms with Gasteiger partial charge in [-0.1, -0.05) is 36.4 Å². The van der Waals surface area contributed by atoms with Gasteiger partial charge < -0.3 is 11.1 Å². The van der Waals surface area contributed by atoms with E-state index in [0.717, 1.165) is 16.1 Å².